The van der Waals surface area contributed by atoms with Gasteiger partial charge in [0.15, 0.2) is 0 Å². The van der Waals surface area contributed by atoms with Crippen molar-refractivity contribution in [1.29, 1.82) is 0 Å². The van der Waals surface area contributed by atoms with Crippen LogP contribution >= 0.6 is 0 Å². The first-order valence-corrected chi connectivity index (χ1v) is 8.58. The van der Waals surface area contributed by atoms with Crippen LogP contribution < -0.4 is 16.0 Å². The molecule has 1 aliphatic rings. The van der Waals surface area contributed by atoms with Gasteiger partial charge in [0.1, 0.15) is 5.82 Å². The molecule has 3 amide bonds. The molecule has 0 spiro atoms. The van der Waals surface area contributed by atoms with Crippen LogP contribution in [0.5, 0.6) is 0 Å². The number of aromatic nitrogens is 2. The third-order valence-corrected chi connectivity index (χ3v) is 4.18. The van der Waals surface area contributed by atoms with Gasteiger partial charge in [0, 0.05) is 24.1 Å². The predicted molar refractivity (Wildman–Crippen MR) is 94.1 cm³/mol. The number of carbonyl (C=O) groups excluding carboxylic acids is 2. The van der Waals surface area contributed by atoms with Gasteiger partial charge >= 0.3 is 6.03 Å². The van der Waals surface area contributed by atoms with Gasteiger partial charge in [-0.15, -0.1) is 0 Å². The third kappa shape index (κ3) is 4.49. The largest absolute Gasteiger partial charge is 0.336 e. The monoisotopic (exact) mass is 335 g/mol. The average molecular weight is 335 g/mol. The second kappa shape index (κ2) is 7.23. The molecule has 1 heterocycles. The molecule has 0 aromatic carbocycles. The van der Waals surface area contributed by atoms with Crippen molar-refractivity contribution in [2.45, 2.75) is 77.4 Å². The Morgan fingerprint density at radius 2 is 2.08 bits per heavy atom. The minimum atomic E-state index is -0.211. The van der Waals surface area contributed by atoms with Gasteiger partial charge in [-0.25, -0.2) is 9.48 Å². The fourth-order valence-corrected chi connectivity index (χ4v) is 3.14. The van der Waals surface area contributed by atoms with Gasteiger partial charge in [-0.2, -0.15) is 5.10 Å². The second-order valence-electron chi connectivity index (χ2n) is 7.78. The Morgan fingerprint density at radius 3 is 2.67 bits per heavy atom. The van der Waals surface area contributed by atoms with E-state index in [9.17, 15) is 9.59 Å². The maximum atomic E-state index is 11.8. The van der Waals surface area contributed by atoms with Crippen molar-refractivity contribution in [3.63, 3.8) is 0 Å². The van der Waals surface area contributed by atoms with Crippen LogP contribution in [0.3, 0.4) is 0 Å². The zero-order valence-electron chi connectivity index (χ0n) is 15.2. The lowest BCUT2D eigenvalue weighted by Gasteiger charge is -2.21. The lowest BCUT2D eigenvalue weighted by Crippen LogP contribution is -2.43. The highest BCUT2D eigenvalue weighted by atomic mass is 16.2. The van der Waals surface area contributed by atoms with Crippen LogP contribution in [0, 0.1) is 0 Å². The molecule has 1 fully saturated rings. The predicted octanol–water partition coefficient (Wildman–Crippen LogP) is 2.55. The molecule has 7 heteroatoms. The molecule has 0 bridgehead atoms. The summed E-state index contributed by atoms with van der Waals surface area (Å²) >= 11 is 0. The van der Waals surface area contributed by atoms with Crippen LogP contribution in [0.4, 0.5) is 10.6 Å². The van der Waals surface area contributed by atoms with Gasteiger partial charge in [0.2, 0.25) is 6.41 Å². The van der Waals surface area contributed by atoms with Gasteiger partial charge in [-0.1, -0.05) is 0 Å². The number of hydrogen-bond acceptors (Lipinski definition) is 3. The van der Waals surface area contributed by atoms with E-state index < -0.39 is 0 Å². The Balaban J connectivity index is 2.05. The minimum Gasteiger partial charge on any atom is -0.336 e. The van der Waals surface area contributed by atoms with E-state index >= 15 is 0 Å². The summed E-state index contributed by atoms with van der Waals surface area (Å²) in [7, 11) is 0. The zero-order chi connectivity index (χ0) is 17.9. The van der Waals surface area contributed by atoms with Gasteiger partial charge < -0.3 is 16.0 Å². The van der Waals surface area contributed by atoms with Crippen molar-refractivity contribution in [1.82, 2.24) is 20.4 Å². The fraction of sp³-hybridized carbons (Fsp3) is 0.706. The summed E-state index contributed by atoms with van der Waals surface area (Å²) in [4.78, 5) is 22.7. The van der Waals surface area contributed by atoms with Crippen molar-refractivity contribution < 1.29 is 9.59 Å². The van der Waals surface area contributed by atoms with Crippen molar-refractivity contribution in [3.05, 3.63) is 11.8 Å². The van der Waals surface area contributed by atoms with Gasteiger partial charge in [-0.05, 0) is 53.9 Å². The summed E-state index contributed by atoms with van der Waals surface area (Å²) in [6.45, 7) is 10.0. The highest BCUT2D eigenvalue weighted by Crippen LogP contribution is 2.35. The fourth-order valence-electron chi connectivity index (χ4n) is 3.14. The molecule has 24 heavy (non-hydrogen) atoms. The number of nitrogens with one attached hydrogen (secondary N) is 3. The molecule has 1 aromatic rings. The molecule has 134 valence electrons. The van der Waals surface area contributed by atoms with Crippen LogP contribution in [0.25, 0.3) is 0 Å². The molecule has 1 aromatic heterocycles. The SMILES string of the molecule is CC(C)NC(=O)NC1CCC(c2cc(NC=O)n(C(C)(C)C)n2)C1. The van der Waals surface area contributed by atoms with Crippen molar-refractivity contribution in [2.75, 3.05) is 5.32 Å². The maximum absolute atomic E-state index is 11.8. The summed E-state index contributed by atoms with van der Waals surface area (Å²) in [6.07, 6.45) is 3.47. The Kier molecular flexibility index (Phi) is 5.51. The molecule has 1 saturated carbocycles. The molecule has 1 aliphatic carbocycles. The van der Waals surface area contributed by atoms with E-state index in [0.29, 0.717) is 18.1 Å². The summed E-state index contributed by atoms with van der Waals surface area (Å²) in [5, 5.41) is 13.3. The molecule has 0 radical (unpaired) electrons. The standard InChI is InChI=1S/C17H29N5O2/c1-11(2)19-16(24)20-13-7-6-12(8-13)14-9-15(18-10-23)22(21-14)17(3,4)5/h9-13H,6-8H2,1-5H3,(H,18,23)(H2,19,20,24). The van der Waals surface area contributed by atoms with Gasteiger partial charge in [-0.3, -0.25) is 4.79 Å². The first-order valence-electron chi connectivity index (χ1n) is 8.58. The van der Waals surface area contributed by atoms with Crippen molar-refractivity contribution in [3.8, 4) is 0 Å². The molecule has 3 N–H and O–H groups in total. The lowest BCUT2D eigenvalue weighted by molar-refractivity contribution is -0.105. The van der Waals surface area contributed by atoms with Crippen molar-refractivity contribution >= 4 is 18.3 Å². The smallest absolute Gasteiger partial charge is 0.315 e. The van der Waals surface area contributed by atoms with Gasteiger partial charge in [0.25, 0.3) is 0 Å². The third-order valence-electron chi connectivity index (χ3n) is 4.18. The minimum absolute atomic E-state index is 0.112. The van der Waals surface area contributed by atoms with Crippen LogP contribution in [0.1, 0.15) is 65.5 Å². The molecule has 2 atom stereocenters. The van der Waals surface area contributed by atoms with Gasteiger partial charge in [0.05, 0.1) is 11.2 Å². The Labute approximate surface area is 143 Å². The molecule has 7 nitrogen and oxygen atoms in total. The molecule has 0 aliphatic heterocycles. The van der Waals surface area contributed by atoms with E-state index in [1.165, 1.54) is 0 Å². The van der Waals surface area contributed by atoms with Crippen LogP contribution in [-0.2, 0) is 10.3 Å². The Morgan fingerprint density at radius 1 is 1.38 bits per heavy atom. The van der Waals surface area contributed by atoms with Crippen LogP contribution in [0.2, 0.25) is 0 Å². The van der Waals surface area contributed by atoms with E-state index in [-0.39, 0.29) is 23.7 Å². The number of rotatable bonds is 5. The zero-order valence-corrected chi connectivity index (χ0v) is 15.2. The number of nitrogens with zero attached hydrogens (tertiary/aromatic N) is 2. The summed E-state index contributed by atoms with van der Waals surface area (Å²) in [6, 6.07) is 2.12. The summed E-state index contributed by atoms with van der Waals surface area (Å²) < 4.78 is 1.85. The molecular weight excluding hydrogens is 306 g/mol. The highest BCUT2D eigenvalue weighted by Gasteiger charge is 2.30. The highest BCUT2D eigenvalue weighted by molar-refractivity contribution is 5.74. The first-order chi connectivity index (χ1) is 11.2. The van der Waals surface area contributed by atoms with E-state index in [1.807, 2.05) is 24.6 Å². The first kappa shape index (κ1) is 18.3. The molecule has 2 rings (SSSR count). The lowest BCUT2D eigenvalue weighted by atomic mass is 10.0. The van der Waals surface area contributed by atoms with E-state index in [4.69, 9.17) is 5.10 Å². The molecule has 0 saturated heterocycles. The van der Waals surface area contributed by atoms with Crippen LogP contribution in [0.15, 0.2) is 6.07 Å². The van der Waals surface area contributed by atoms with Crippen molar-refractivity contribution in [2.24, 2.45) is 0 Å². The Bertz CT molecular complexity index is 588. The summed E-state index contributed by atoms with van der Waals surface area (Å²) in [5.41, 5.74) is 0.764. The number of hydrogen-bond donors (Lipinski definition) is 3. The Hall–Kier alpha value is -2.05. The van der Waals surface area contributed by atoms with Crippen LogP contribution in [-0.4, -0.2) is 34.3 Å². The summed E-state index contributed by atoms with van der Waals surface area (Å²) in [5.74, 6) is 1.01. The number of anilines is 1. The maximum Gasteiger partial charge on any atom is 0.315 e. The number of amides is 3. The number of carbonyl (C=O) groups is 2. The molecular formula is C17H29N5O2. The second-order valence-corrected chi connectivity index (χ2v) is 7.78. The van der Waals surface area contributed by atoms with E-state index in [1.54, 1.807) is 0 Å². The number of urea groups is 1. The topological polar surface area (TPSA) is 88.0 Å². The van der Waals surface area contributed by atoms with E-state index in [2.05, 4.69) is 36.7 Å². The van der Waals surface area contributed by atoms with E-state index in [0.717, 1.165) is 25.0 Å². The average Bonchev–Trinajstić information content (AvgIpc) is 3.04. The molecule has 2 unspecified atom stereocenters. The normalized spacial score (nSPS) is 20.9. The quantitative estimate of drug-likeness (QED) is 0.723.